The Labute approximate surface area is 186 Å². The van der Waals surface area contributed by atoms with Crippen LogP contribution in [0.1, 0.15) is 6.42 Å². The molecule has 3 atom stereocenters. The van der Waals surface area contributed by atoms with E-state index in [1.165, 1.54) is 0 Å². The highest BCUT2D eigenvalue weighted by Gasteiger charge is 2.37. The fraction of sp³-hybridized carbons (Fsp3) is 0.700. The van der Waals surface area contributed by atoms with E-state index in [2.05, 4.69) is 35.9 Å². The molecule has 1 aromatic rings. The molecule has 0 aromatic carbocycles. The van der Waals surface area contributed by atoms with Gasteiger partial charge in [0.15, 0.2) is 6.17 Å². The number of amides is 1. The van der Waals surface area contributed by atoms with E-state index in [1.807, 2.05) is 6.07 Å². The number of hydrogen-bond donors (Lipinski definition) is 4. The van der Waals surface area contributed by atoms with Crippen molar-refractivity contribution in [2.75, 3.05) is 62.7 Å². The molecule has 0 bridgehead atoms. The minimum Gasteiger partial charge on any atom is -0.380 e. The summed E-state index contributed by atoms with van der Waals surface area (Å²) in [5.74, 6) is -1.48. The van der Waals surface area contributed by atoms with Crippen LogP contribution in [-0.2, 0) is 9.53 Å². The molecule has 0 spiro atoms. The van der Waals surface area contributed by atoms with Crippen molar-refractivity contribution in [3.05, 3.63) is 23.4 Å². The van der Waals surface area contributed by atoms with Gasteiger partial charge < -0.3 is 20.7 Å². The minimum atomic E-state index is -1.28. The first-order valence-electron chi connectivity index (χ1n) is 11.1. The summed E-state index contributed by atoms with van der Waals surface area (Å²) >= 11 is 0. The molecule has 1 aromatic heterocycles. The van der Waals surface area contributed by atoms with Gasteiger partial charge in [-0.3, -0.25) is 25.3 Å². The van der Waals surface area contributed by atoms with Crippen LogP contribution in [0.15, 0.2) is 23.6 Å². The van der Waals surface area contributed by atoms with Crippen LogP contribution in [0, 0.1) is 10.8 Å². The van der Waals surface area contributed by atoms with Crippen LogP contribution in [0.2, 0.25) is 0 Å². The molecule has 0 aliphatic carbocycles. The lowest BCUT2D eigenvalue weighted by Crippen LogP contribution is -2.62. The number of carbonyl (C=O) groups is 1. The predicted octanol–water partition coefficient (Wildman–Crippen LogP) is -0.545. The fourth-order valence-electron chi connectivity index (χ4n) is 4.59. The Morgan fingerprint density at radius 2 is 2.06 bits per heavy atom. The molecule has 1 amide bonds. The van der Waals surface area contributed by atoms with Gasteiger partial charge in [0.05, 0.1) is 30.3 Å². The molecule has 0 radical (unpaired) electrons. The van der Waals surface area contributed by atoms with E-state index in [0.717, 1.165) is 51.5 Å². The number of carbonyl (C=O) groups excluding carboxylic acids is 1. The highest BCUT2D eigenvalue weighted by molar-refractivity contribution is 5.96. The van der Waals surface area contributed by atoms with Gasteiger partial charge in [-0.15, -0.1) is 4.91 Å². The molecule has 11 nitrogen and oxygen atoms in total. The van der Waals surface area contributed by atoms with E-state index >= 15 is 0 Å². The molecule has 2 unspecified atom stereocenters. The van der Waals surface area contributed by atoms with Gasteiger partial charge in [-0.05, 0) is 12.5 Å². The van der Waals surface area contributed by atoms with E-state index in [1.54, 1.807) is 12.4 Å². The van der Waals surface area contributed by atoms with Gasteiger partial charge >= 0.3 is 0 Å². The number of ether oxygens (including phenoxy) is 1. The van der Waals surface area contributed by atoms with Crippen molar-refractivity contribution in [2.45, 2.75) is 31.0 Å². The Balaban J connectivity index is 1.43. The second kappa shape index (κ2) is 10.6. The average Bonchev–Trinajstić information content (AvgIpc) is 3.36. The summed E-state index contributed by atoms with van der Waals surface area (Å²) in [4.78, 5) is 33.1. The van der Waals surface area contributed by atoms with Crippen LogP contribution in [0.25, 0.3) is 0 Å². The Morgan fingerprint density at radius 3 is 2.72 bits per heavy atom. The lowest BCUT2D eigenvalue weighted by Gasteiger charge is -2.39. The summed E-state index contributed by atoms with van der Waals surface area (Å²) in [6.07, 6.45) is 1.32. The zero-order valence-electron chi connectivity index (χ0n) is 18.0. The zero-order chi connectivity index (χ0) is 22.5. The minimum absolute atomic E-state index is 0.0709. The number of hydrogen-bond acceptors (Lipinski definition) is 10. The Hall–Kier alpha value is -2.25. The number of piperazine rings is 1. The van der Waals surface area contributed by atoms with Crippen LogP contribution in [0.4, 0.5) is 15.8 Å². The highest BCUT2D eigenvalue weighted by Crippen LogP contribution is 2.28. The topological polar surface area (TPSA) is 137 Å². The largest absolute Gasteiger partial charge is 0.380 e. The Bertz CT molecular complexity index is 780. The van der Waals surface area contributed by atoms with Crippen LogP contribution in [0.5, 0.6) is 0 Å². The number of nitroso groups, excluding NO2 is 1. The van der Waals surface area contributed by atoms with Crippen LogP contribution >= 0.6 is 0 Å². The predicted molar refractivity (Wildman–Crippen MR) is 118 cm³/mol. The van der Waals surface area contributed by atoms with Gasteiger partial charge in [0, 0.05) is 58.1 Å². The molecule has 12 heteroatoms. The maximum Gasteiger partial charge on any atom is 0.234 e. The van der Waals surface area contributed by atoms with Gasteiger partial charge in [-0.25, -0.2) is 4.39 Å². The number of alkyl halides is 1. The highest BCUT2D eigenvalue weighted by atomic mass is 19.1. The van der Waals surface area contributed by atoms with E-state index < -0.39 is 30.3 Å². The lowest BCUT2D eigenvalue weighted by atomic mass is 9.99. The molecule has 3 aliphatic rings. The summed E-state index contributed by atoms with van der Waals surface area (Å²) in [5.41, 5.74) is 7.23. The summed E-state index contributed by atoms with van der Waals surface area (Å²) < 4.78 is 19.0. The molecule has 0 saturated carbocycles. The first-order valence-corrected chi connectivity index (χ1v) is 11.1. The monoisotopic (exact) mass is 450 g/mol. The van der Waals surface area contributed by atoms with Crippen molar-refractivity contribution in [3.63, 3.8) is 0 Å². The number of rotatable bonds is 7. The van der Waals surface area contributed by atoms with E-state index in [-0.39, 0.29) is 13.1 Å². The number of nitrogens with one attached hydrogen (secondary N) is 3. The molecule has 3 fully saturated rings. The summed E-state index contributed by atoms with van der Waals surface area (Å²) in [5, 5.41) is 11.5. The Morgan fingerprint density at radius 1 is 1.31 bits per heavy atom. The summed E-state index contributed by atoms with van der Waals surface area (Å²) in [6, 6.07) is 2.34. The van der Waals surface area contributed by atoms with Crippen molar-refractivity contribution in [3.8, 4) is 0 Å². The molecular formula is C20H31FN8O3. The number of aromatic nitrogens is 1. The molecular weight excluding hydrogens is 419 g/mol. The maximum absolute atomic E-state index is 13.5. The second-order valence-electron chi connectivity index (χ2n) is 8.44. The third-order valence-electron chi connectivity index (χ3n) is 6.40. The van der Waals surface area contributed by atoms with Crippen LogP contribution in [0.3, 0.4) is 0 Å². The Kier molecular flexibility index (Phi) is 7.58. The maximum atomic E-state index is 13.5. The van der Waals surface area contributed by atoms with Crippen LogP contribution in [-0.4, -0.2) is 92.8 Å². The number of anilines is 2. The lowest BCUT2D eigenvalue weighted by molar-refractivity contribution is -0.122. The van der Waals surface area contributed by atoms with Gasteiger partial charge in [-0.2, -0.15) is 0 Å². The summed E-state index contributed by atoms with van der Waals surface area (Å²) in [7, 11) is 0. The molecule has 4 heterocycles. The second-order valence-corrected chi connectivity index (χ2v) is 8.44. The molecule has 3 saturated heterocycles. The molecule has 4 rings (SSSR count). The average molecular weight is 451 g/mol. The third kappa shape index (κ3) is 5.21. The van der Waals surface area contributed by atoms with Crippen molar-refractivity contribution in [1.82, 2.24) is 20.5 Å². The van der Waals surface area contributed by atoms with E-state index in [9.17, 15) is 14.1 Å². The molecule has 5 N–H and O–H groups in total. The van der Waals surface area contributed by atoms with Crippen LogP contribution < -0.4 is 26.6 Å². The smallest absolute Gasteiger partial charge is 0.234 e. The van der Waals surface area contributed by atoms with E-state index in [4.69, 9.17) is 10.5 Å². The van der Waals surface area contributed by atoms with Crippen molar-refractivity contribution < 1.29 is 13.9 Å². The molecule has 176 valence electrons. The molecule has 3 aliphatic heterocycles. The number of nitrogens with two attached hydrogens (primary N) is 1. The third-order valence-corrected chi connectivity index (χ3v) is 6.40. The molecule has 32 heavy (non-hydrogen) atoms. The number of pyridine rings is 1. The first kappa shape index (κ1) is 22.9. The van der Waals surface area contributed by atoms with Gasteiger partial charge in [0.2, 0.25) is 5.91 Å². The van der Waals surface area contributed by atoms with Gasteiger partial charge in [-0.1, -0.05) is 5.18 Å². The van der Waals surface area contributed by atoms with Crippen molar-refractivity contribution in [2.24, 2.45) is 16.8 Å². The quantitative estimate of drug-likeness (QED) is 0.404. The fourth-order valence-corrected chi connectivity index (χ4v) is 4.59. The van der Waals surface area contributed by atoms with Crippen molar-refractivity contribution in [1.29, 1.82) is 0 Å². The number of halogens is 1. The summed E-state index contributed by atoms with van der Waals surface area (Å²) in [6.45, 7) is 5.19. The standard InChI is InChI=1S/C20H31FN8O3/c21-13-9-24-19(25-10-13)17(18(22)27-31)20(30)26-15-11-23-3-1-16(15)29-6-4-28(5-7-29)14-2-8-32-12-14/h1,3,11,13-14,17-19,24-25H,2,4-10,12,22H2,(H,26,30)/t13?,14-,17?,18?,19?/m1/s1. The number of nitrogens with zero attached hydrogens (tertiary/aromatic N) is 4. The zero-order valence-corrected chi connectivity index (χ0v) is 18.0. The van der Waals surface area contributed by atoms with E-state index in [0.29, 0.717) is 11.7 Å². The SMILES string of the molecule is NC(N=O)C(C(=O)Nc1cnccc1N1CCN([C@@H]2CCOC2)CC1)C1NCC(F)CN1. The van der Waals surface area contributed by atoms with Crippen molar-refractivity contribution >= 4 is 17.3 Å². The van der Waals surface area contributed by atoms with Gasteiger partial charge in [0.25, 0.3) is 0 Å². The van der Waals surface area contributed by atoms with Gasteiger partial charge in [0.1, 0.15) is 12.1 Å². The normalized spacial score (nSPS) is 28.8. The first-order chi connectivity index (χ1) is 15.6.